The van der Waals surface area contributed by atoms with Gasteiger partial charge in [-0.15, -0.1) is 0 Å². The normalized spacial score (nSPS) is 12.0. The predicted molar refractivity (Wildman–Crippen MR) is 77.5 cm³/mol. The number of aromatic nitrogens is 3. The molecule has 3 nitrogen and oxygen atoms in total. The molecule has 0 aliphatic heterocycles. The van der Waals surface area contributed by atoms with Crippen molar-refractivity contribution < 1.29 is 13.2 Å². The molecular weight excluding hydrogens is 291 g/mol. The molecule has 0 saturated carbocycles. The first kappa shape index (κ1) is 14.6. The number of hydrogen-bond donors (Lipinski definition) is 0. The van der Waals surface area contributed by atoms with Crippen molar-refractivity contribution in [3.63, 3.8) is 0 Å². The van der Waals surface area contributed by atoms with E-state index in [0.29, 0.717) is 24.2 Å². The van der Waals surface area contributed by atoms with E-state index in [0.717, 1.165) is 17.4 Å². The number of benzene rings is 1. The van der Waals surface area contributed by atoms with Gasteiger partial charge in [0.2, 0.25) is 0 Å². The van der Waals surface area contributed by atoms with Crippen LogP contribution in [0.1, 0.15) is 23.9 Å². The summed E-state index contributed by atoms with van der Waals surface area (Å²) in [6.45, 7) is 2.28. The summed E-state index contributed by atoms with van der Waals surface area (Å²) in [6, 6.07) is 9.01. The van der Waals surface area contributed by atoms with E-state index >= 15 is 0 Å². The van der Waals surface area contributed by atoms with Gasteiger partial charge in [0.15, 0.2) is 5.65 Å². The summed E-state index contributed by atoms with van der Waals surface area (Å²) >= 11 is 0. The fourth-order valence-electron chi connectivity index (χ4n) is 2.47. The second kappa shape index (κ2) is 5.44. The Morgan fingerprint density at radius 3 is 2.68 bits per heavy atom. The highest BCUT2D eigenvalue weighted by Crippen LogP contribution is 2.30. The lowest BCUT2D eigenvalue weighted by Crippen LogP contribution is -2.08. The largest absolute Gasteiger partial charge is 0.416 e. The molecule has 0 bridgehead atoms. The lowest BCUT2D eigenvalue weighted by molar-refractivity contribution is -0.137. The summed E-state index contributed by atoms with van der Waals surface area (Å²) in [5, 5.41) is 0. The Labute approximate surface area is 125 Å². The van der Waals surface area contributed by atoms with E-state index < -0.39 is 11.7 Å². The molecule has 3 rings (SSSR count). The molecule has 22 heavy (non-hydrogen) atoms. The van der Waals surface area contributed by atoms with Crippen molar-refractivity contribution >= 4 is 11.2 Å². The Balaban J connectivity index is 2.03. The van der Waals surface area contributed by atoms with E-state index in [2.05, 4.69) is 9.97 Å². The van der Waals surface area contributed by atoms with Gasteiger partial charge in [-0.25, -0.2) is 9.97 Å². The van der Waals surface area contributed by atoms with Crippen LogP contribution < -0.4 is 0 Å². The molecule has 0 spiro atoms. The van der Waals surface area contributed by atoms with E-state index in [-0.39, 0.29) is 0 Å². The summed E-state index contributed by atoms with van der Waals surface area (Å²) in [5.41, 5.74) is 1.39. The van der Waals surface area contributed by atoms with Gasteiger partial charge < -0.3 is 4.57 Å². The molecule has 6 heteroatoms. The lowest BCUT2D eigenvalue weighted by atomic mass is 10.1. The van der Waals surface area contributed by atoms with Crippen LogP contribution in [-0.2, 0) is 19.1 Å². The molecule has 3 aromatic rings. The van der Waals surface area contributed by atoms with E-state index in [9.17, 15) is 13.2 Å². The standard InChI is InChI=1S/C16H14F3N3/c1-2-14-21-13-7-4-8-20-15(13)22(14)10-11-5-3-6-12(9-11)16(17,18)19/h3-9H,2,10H2,1H3. The minimum atomic E-state index is -4.33. The quantitative estimate of drug-likeness (QED) is 0.730. The molecular formula is C16H14F3N3. The highest BCUT2D eigenvalue weighted by atomic mass is 19.4. The monoisotopic (exact) mass is 305 g/mol. The van der Waals surface area contributed by atoms with Crippen molar-refractivity contribution in [2.45, 2.75) is 26.1 Å². The number of fused-ring (bicyclic) bond motifs is 1. The molecule has 0 aliphatic carbocycles. The van der Waals surface area contributed by atoms with Crippen LogP contribution in [0.15, 0.2) is 42.6 Å². The van der Waals surface area contributed by atoms with Gasteiger partial charge in [-0.3, -0.25) is 0 Å². The van der Waals surface area contributed by atoms with E-state index in [4.69, 9.17) is 0 Å². The first-order valence-electron chi connectivity index (χ1n) is 6.95. The van der Waals surface area contributed by atoms with Gasteiger partial charge in [-0.1, -0.05) is 19.1 Å². The van der Waals surface area contributed by atoms with Crippen LogP contribution in [-0.4, -0.2) is 14.5 Å². The molecule has 0 unspecified atom stereocenters. The number of aryl methyl sites for hydroxylation is 1. The minimum absolute atomic E-state index is 0.320. The van der Waals surface area contributed by atoms with Crippen LogP contribution in [0, 0.1) is 0 Å². The molecule has 2 aromatic heterocycles. The second-order valence-electron chi connectivity index (χ2n) is 5.01. The molecule has 0 saturated heterocycles. The third-order valence-electron chi connectivity index (χ3n) is 3.49. The first-order chi connectivity index (χ1) is 10.5. The van der Waals surface area contributed by atoms with Gasteiger partial charge in [-0.05, 0) is 29.8 Å². The minimum Gasteiger partial charge on any atom is -0.308 e. The van der Waals surface area contributed by atoms with Gasteiger partial charge >= 0.3 is 6.18 Å². The molecule has 114 valence electrons. The number of alkyl halides is 3. The van der Waals surface area contributed by atoms with Crippen LogP contribution in [0.2, 0.25) is 0 Å². The molecule has 0 atom stereocenters. The zero-order valence-corrected chi connectivity index (χ0v) is 11.9. The van der Waals surface area contributed by atoms with Gasteiger partial charge in [-0.2, -0.15) is 13.2 Å². The van der Waals surface area contributed by atoms with Crippen molar-refractivity contribution in [3.05, 3.63) is 59.5 Å². The first-order valence-corrected chi connectivity index (χ1v) is 6.95. The second-order valence-corrected chi connectivity index (χ2v) is 5.01. The van der Waals surface area contributed by atoms with E-state index in [1.54, 1.807) is 18.3 Å². The fourth-order valence-corrected chi connectivity index (χ4v) is 2.47. The molecule has 0 aliphatic rings. The van der Waals surface area contributed by atoms with Crippen LogP contribution in [0.5, 0.6) is 0 Å². The molecule has 0 amide bonds. The fraction of sp³-hybridized carbons (Fsp3) is 0.250. The van der Waals surface area contributed by atoms with Crippen molar-refractivity contribution in [3.8, 4) is 0 Å². The van der Waals surface area contributed by atoms with Gasteiger partial charge in [0.1, 0.15) is 11.3 Å². The molecule has 0 radical (unpaired) electrons. The van der Waals surface area contributed by atoms with Crippen molar-refractivity contribution in [1.29, 1.82) is 0 Å². The highest BCUT2D eigenvalue weighted by Gasteiger charge is 2.30. The highest BCUT2D eigenvalue weighted by molar-refractivity contribution is 5.71. The van der Waals surface area contributed by atoms with Crippen molar-refractivity contribution in [2.24, 2.45) is 0 Å². The zero-order chi connectivity index (χ0) is 15.7. The molecule has 0 fully saturated rings. The number of rotatable bonds is 3. The average molecular weight is 305 g/mol. The third-order valence-corrected chi connectivity index (χ3v) is 3.49. The number of pyridine rings is 1. The van der Waals surface area contributed by atoms with Crippen molar-refractivity contribution in [1.82, 2.24) is 14.5 Å². The molecule has 0 N–H and O–H groups in total. The Morgan fingerprint density at radius 1 is 1.14 bits per heavy atom. The van der Waals surface area contributed by atoms with Crippen LogP contribution >= 0.6 is 0 Å². The predicted octanol–water partition coefficient (Wildman–Crippen LogP) is 4.06. The molecule has 2 heterocycles. The van der Waals surface area contributed by atoms with E-state index in [1.165, 1.54) is 12.1 Å². The smallest absolute Gasteiger partial charge is 0.308 e. The van der Waals surface area contributed by atoms with Crippen LogP contribution in [0.25, 0.3) is 11.2 Å². The van der Waals surface area contributed by atoms with Gasteiger partial charge in [0.05, 0.1) is 12.1 Å². The van der Waals surface area contributed by atoms with Gasteiger partial charge in [0.25, 0.3) is 0 Å². The maximum Gasteiger partial charge on any atom is 0.416 e. The summed E-state index contributed by atoms with van der Waals surface area (Å²) < 4.78 is 40.3. The van der Waals surface area contributed by atoms with Crippen molar-refractivity contribution in [2.75, 3.05) is 0 Å². The van der Waals surface area contributed by atoms with E-state index in [1.807, 2.05) is 17.6 Å². The molecule has 1 aromatic carbocycles. The Morgan fingerprint density at radius 2 is 1.95 bits per heavy atom. The maximum absolute atomic E-state index is 12.8. The Bertz CT molecular complexity index is 806. The summed E-state index contributed by atoms with van der Waals surface area (Å²) in [4.78, 5) is 8.77. The number of halogens is 3. The van der Waals surface area contributed by atoms with Gasteiger partial charge in [0, 0.05) is 12.6 Å². The van der Waals surface area contributed by atoms with Crippen LogP contribution in [0.4, 0.5) is 13.2 Å². The number of hydrogen-bond acceptors (Lipinski definition) is 2. The number of nitrogens with zero attached hydrogens (tertiary/aromatic N) is 3. The Kier molecular flexibility index (Phi) is 3.60. The number of imidazole rings is 1. The zero-order valence-electron chi connectivity index (χ0n) is 11.9. The SMILES string of the molecule is CCc1nc2cccnc2n1Cc1cccc(C(F)(F)F)c1. The topological polar surface area (TPSA) is 30.7 Å². The summed E-state index contributed by atoms with van der Waals surface area (Å²) in [7, 11) is 0. The Hall–Kier alpha value is -2.37. The average Bonchev–Trinajstić information content (AvgIpc) is 2.85. The summed E-state index contributed by atoms with van der Waals surface area (Å²) in [5.74, 6) is 0.811. The lowest BCUT2D eigenvalue weighted by Gasteiger charge is -2.11. The third kappa shape index (κ3) is 2.68. The maximum atomic E-state index is 12.8. The summed E-state index contributed by atoms with van der Waals surface area (Å²) in [6.07, 6.45) is -1.99. The van der Waals surface area contributed by atoms with Crippen LogP contribution in [0.3, 0.4) is 0 Å².